The lowest BCUT2D eigenvalue weighted by atomic mass is 10.1. The molecule has 2 fully saturated rings. The Hall–Kier alpha value is 0.130. The van der Waals surface area contributed by atoms with E-state index in [9.17, 15) is 0 Å². The van der Waals surface area contributed by atoms with Crippen LogP contribution in [0.4, 0.5) is 0 Å². The van der Waals surface area contributed by atoms with E-state index in [2.05, 4.69) is 43.3 Å². The fourth-order valence-corrected chi connectivity index (χ4v) is 2.90. The summed E-state index contributed by atoms with van der Waals surface area (Å²) in [6.07, 6.45) is 4.66. The molecule has 108 valence electrons. The maximum atomic E-state index is 4.61. The predicted molar refractivity (Wildman–Crippen MR) is 86.3 cm³/mol. The summed E-state index contributed by atoms with van der Waals surface area (Å²) >= 11 is 3.46. The highest BCUT2D eigenvalue weighted by atomic mass is 79.9. The molecular weight excluding hydrogens is 349 g/mol. The predicted octanol–water partition coefficient (Wildman–Crippen LogP) is 3.04. The van der Waals surface area contributed by atoms with Crippen LogP contribution in [0.15, 0.2) is 22.8 Å². The van der Waals surface area contributed by atoms with Crippen LogP contribution in [0, 0.1) is 5.92 Å². The largest absolute Gasteiger partial charge is 0.314 e. The normalized spacial score (nSPS) is 21.1. The van der Waals surface area contributed by atoms with Crippen LogP contribution in [-0.2, 0) is 0 Å². The molecule has 1 saturated heterocycles. The third kappa shape index (κ3) is 4.30. The third-order valence-corrected chi connectivity index (χ3v) is 4.14. The molecule has 1 saturated carbocycles. The van der Waals surface area contributed by atoms with E-state index in [1.54, 1.807) is 0 Å². The molecular formula is C13H20BrCl2N3. The van der Waals surface area contributed by atoms with E-state index >= 15 is 0 Å². The van der Waals surface area contributed by atoms with Crippen LogP contribution in [-0.4, -0.2) is 36.1 Å². The molecule has 0 bridgehead atoms. The Kier molecular flexibility index (Phi) is 7.05. The molecule has 2 heterocycles. The number of rotatable bonds is 3. The summed E-state index contributed by atoms with van der Waals surface area (Å²) < 4.78 is 1.07. The summed E-state index contributed by atoms with van der Waals surface area (Å²) in [7, 11) is 0. The lowest BCUT2D eigenvalue weighted by molar-refractivity contribution is 0.153. The number of halogens is 3. The van der Waals surface area contributed by atoms with Crippen molar-refractivity contribution in [2.24, 2.45) is 5.92 Å². The van der Waals surface area contributed by atoms with Crippen LogP contribution in [0.25, 0.3) is 0 Å². The zero-order valence-corrected chi connectivity index (χ0v) is 13.9. The Balaban J connectivity index is 0.000000902. The van der Waals surface area contributed by atoms with Crippen molar-refractivity contribution in [2.75, 3.05) is 26.2 Å². The summed E-state index contributed by atoms with van der Waals surface area (Å²) in [6.45, 7) is 4.53. The molecule has 1 N–H and O–H groups in total. The van der Waals surface area contributed by atoms with E-state index in [4.69, 9.17) is 0 Å². The Morgan fingerprint density at radius 3 is 2.42 bits per heavy atom. The summed E-state index contributed by atoms with van der Waals surface area (Å²) in [4.78, 5) is 7.21. The Labute approximate surface area is 135 Å². The molecule has 6 heteroatoms. The van der Waals surface area contributed by atoms with Gasteiger partial charge in [-0.25, -0.2) is 0 Å². The van der Waals surface area contributed by atoms with Gasteiger partial charge in [0, 0.05) is 36.8 Å². The van der Waals surface area contributed by atoms with Crippen molar-refractivity contribution < 1.29 is 0 Å². The van der Waals surface area contributed by atoms with Gasteiger partial charge in [-0.15, -0.1) is 24.8 Å². The monoisotopic (exact) mass is 367 g/mol. The van der Waals surface area contributed by atoms with E-state index in [0.717, 1.165) is 36.6 Å². The second kappa shape index (κ2) is 7.79. The van der Waals surface area contributed by atoms with Crippen LogP contribution in [0.1, 0.15) is 24.6 Å². The number of hydrogen-bond donors (Lipinski definition) is 1. The smallest absolute Gasteiger partial charge is 0.0579 e. The highest BCUT2D eigenvalue weighted by molar-refractivity contribution is 9.10. The Morgan fingerprint density at radius 1 is 1.21 bits per heavy atom. The topological polar surface area (TPSA) is 28.2 Å². The average molecular weight is 369 g/mol. The van der Waals surface area contributed by atoms with Crippen molar-refractivity contribution in [2.45, 2.75) is 18.9 Å². The van der Waals surface area contributed by atoms with E-state index < -0.39 is 0 Å². The first-order valence-corrected chi connectivity index (χ1v) is 7.20. The minimum atomic E-state index is 0. The van der Waals surface area contributed by atoms with Crippen molar-refractivity contribution in [3.63, 3.8) is 0 Å². The van der Waals surface area contributed by atoms with Crippen LogP contribution < -0.4 is 5.32 Å². The summed E-state index contributed by atoms with van der Waals surface area (Å²) in [5, 5.41) is 3.42. The van der Waals surface area contributed by atoms with Gasteiger partial charge in [-0.1, -0.05) is 0 Å². The van der Waals surface area contributed by atoms with Gasteiger partial charge in [0.25, 0.3) is 0 Å². The SMILES string of the molecule is Brc1ccc([C@@H](C2CC2)N2CCNCC2)nc1.Cl.Cl. The molecule has 1 aliphatic heterocycles. The number of hydrogen-bond acceptors (Lipinski definition) is 3. The zero-order valence-electron chi connectivity index (χ0n) is 10.7. The highest BCUT2D eigenvalue weighted by Gasteiger charge is 2.37. The van der Waals surface area contributed by atoms with Gasteiger partial charge in [-0.05, 0) is 46.8 Å². The van der Waals surface area contributed by atoms with Gasteiger partial charge in [0.05, 0.1) is 11.7 Å². The lowest BCUT2D eigenvalue weighted by Crippen LogP contribution is -2.45. The molecule has 0 aromatic carbocycles. The Morgan fingerprint density at radius 2 is 1.89 bits per heavy atom. The molecule has 3 nitrogen and oxygen atoms in total. The van der Waals surface area contributed by atoms with E-state index in [1.165, 1.54) is 18.5 Å². The maximum absolute atomic E-state index is 4.61. The molecule has 0 unspecified atom stereocenters. The third-order valence-electron chi connectivity index (χ3n) is 3.67. The van der Waals surface area contributed by atoms with Gasteiger partial charge in [0.2, 0.25) is 0 Å². The first kappa shape index (κ1) is 17.2. The van der Waals surface area contributed by atoms with E-state index in [0.29, 0.717) is 6.04 Å². The fourth-order valence-electron chi connectivity index (χ4n) is 2.66. The molecule has 2 aliphatic rings. The van der Waals surface area contributed by atoms with Crippen molar-refractivity contribution >= 4 is 40.7 Å². The maximum Gasteiger partial charge on any atom is 0.0579 e. The second-order valence-electron chi connectivity index (χ2n) is 4.97. The molecule has 0 radical (unpaired) electrons. The number of aromatic nitrogens is 1. The fraction of sp³-hybridized carbons (Fsp3) is 0.615. The molecule has 1 aromatic heterocycles. The van der Waals surface area contributed by atoms with Gasteiger partial charge >= 0.3 is 0 Å². The minimum Gasteiger partial charge on any atom is -0.314 e. The number of piperazine rings is 1. The van der Waals surface area contributed by atoms with Crippen LogP contribution in [0.5, 0.6) is 0 Å². The van der Waals surface area contributed by atoms with Crippen LogP contribution >= 0.6 is 40.7 Å². The van der Waals surface area contributed by atoms with Crippen LogP contribution in [0.2, 0.25) is 0 Å². The van der Waals surface area contributed by atoms with E-state index in [-0.39, 0.29) is 24.8 Å². The number of nitrogens with one attached hydrogen (secondary N) is 1. The average Bonchev–Trinajstić information content (AvgIpc) is 3.18. The van der Waals surface area contributed by atoms with Gasteiger partial charge in [0.1, 0.15) is 0 Å². The van der Waals surface area contributed by atoms with Crippen molar-refractivity contribution in [3.8, 4) is 0 Å². The Bertz CT molecular complexity index is 378. The quantitative estimate of drug-likeness (QED) is 0.888. The van der Waals surface area contributed by atoms with E-state index in [1.807, 2.05) is 6.20 Å². The lowest BCUT2D eigenvalue weighted by Gasteiger charge is -2.34. The van der Waals surface area contributed by atoms with Gasteiger partial charge < -0.3 is 5.32 Å². The minimum absolute atomic E-state index is 0. The molecule has 1 atom stereocenters. The number of pyridine rings is 1. The molecule has 1 aromatic rings. The first-order valence-electron chi connectivity index (χ1n) is 6.41. The standard InChI is InChI=1S/C13H18BrN3.2ClH/c14-11-3-4-12(16-9-11)13(10-1-2-10)17-7-5-15-6-8-17;;/h3-4,9-10,13,15H,1-2,5-8H2;2*1H/t13-;;/m1../s1. The van der Waals surface area contributed by atoms with Gasteiger partial charge in [0.15, 0.2) is 0 Å². The summed E-state index contributed by atoms with van der Waals surface area (Å²) in [5.74, 6) is 0.835. The summed E-state index contributed by atoms with van der Waals surface area (Å²) in [6, 6.07) is 4.83. The molecule has 1 aliphatic carbocycles. The molecule has 0 amide bonds. The second-order valence-corrected chi connectivity index (χ2v) is 5.89. The number of nitrogens with zero attached hydrogens (tertiary/aromatic N) is 2. The summed E-state index contributed by atoms with van der Waals surface area (Å²) in [5.41, 5.74) is 1.25. The van der Waals surface area contributed by atoms with Crippen molar-refractivity contribution in [1.82, 2.24) is 15.2 Å². The zero-order chi connectivity index (χ0) is 11.7. The van der Waals surface area contributed by atoms with Gasteiger partial charge in [-0.3, -0.25) is 9.88 Å². The first-order chi connectivity index (χ1) is 8.34. The molecule has 0 spiro atoms. The van der Waals surface area contributed by atoms with Gasteiger partial charge in [-0.2, -0.15) is 0 Å². The molecule has 3 rings (SSSR count). The van der Waals surface area contributed by atoms with Crippen molar-refractivity contribution in [3.05, 3.63) is 28.5 Å². The van der Waals surface area contributed by atoms with Crippen LogP contribution in [0.3, 0.4) is 0 Å². The highest BCUT2D eigenvalue weighted by Crippen LogP contribution is 2.44. The van der Waals surface area contributed by atoms with Crippen molar-refractivity contribution in [1.29, 1.82) is 0 Å². The molecule has 19 heavy (non-hydrogen) atoms.